The van der Waals surface area contributed by atoms with Crippen molar-refractivity contribution in [2.24, 2.45) is 0 Å². The lowest BCUT2D eigenvalue weighted by Crippen LogP contribution is -2.34. The number of amides is 1. The van der Waals surface area contributed by atoms with Gasteiger partial charge in [0.15, 0.2) is 9.84 Å². The summed E-state index contributed by atoms with van der Waals surface area (Å²) in [6.45, 7) is 3.83. The second kappa shape index (κ2) is 8.93. The molecule has 0 aromatic heterocycles. The maximum Gasteiger partial charge on any atom is 0.233 e. The number of hydrogen-bond acceptors (Lipinski definition) is 4. The van der Waals surface area contributed by atoms with Gasteiger partial charge in [0.2, 0.25) is 5.91 Å². The molecule has 2 aromatic rings. The molecular formula is C19H22ClNO3S2. The fraction of sp³-hybridized carbons (Fsp3) is 0.316. The molecule has 140 valence electrons. The largest absolute Gasteiger partial charge is 0.348 e. The van der Waals surface area contributed by atoms with Crippen molar-refractivity contribution < 1.29 is 13.2 Å². The third-order valence-electron chi connectivity index (χ3n) is 3.93. The summed E-state index contributed by atoms with van der Waals surface area (Å²) in [5.41, 5.74) is 0.886. The Morgan fingerprint density at radius 1 is 1.12 bits per heavy atom. The number of halogens is 1. The Labute approximate surface area is 164 Å². The minimum atomic E-state index is -3.23. The van der Waals surface area contributed by atoms with Crippen LogP contribution in [0.1, 0.15) is 31.9 Å². The molecule has 26 heavy (non-hydrogen) atoms. The molecule has 0 saturated heterocycles. The minimum Gasteiger partial charge on any atom is -0.348 e. The molecule has 2 aromatic carbocycles. The Morgan fingerprint density at radius 3 is 2.19 bits per heavy atom. The van der Waals surface area contributed by atoms with Crippen LogP contribution in [0, 0.1) is 0 Å². The molecule has 1 N–H and O–H groups in total. The summed E-state index contributed by atoms with van der Waals surface area (Å²) in [4.78, 5) is 13.8. The fourth-order valence-electron chi connectivity index (χ4n) is 2.43. The van der Waals surface area contributed by atoms with E-state index >= 15 is 0 Å². The summed E-state index contributed by atoms with van der Waals surface area (Å²) in [6, 6.07) is 13.9. The van der Waals surface area contributed by atoms with E-state index in [0.29, 0.717) is 11.4 Å². The quantitative estimate of drug-likeness (QED) is 0.681. The summed E-state index contributed by atoms with van der Waals surface area (Å²) in [5.74, 6) is -0.0658. The summed E-state index contributed by atoms with van der Waals surface area (Å²) in [6.07, 6.45) is 1.89. The van der Waals surface area contributed by atoms with Gasteiger partial charge in [-0.05, 0) is 55.3 Å². The van der Waals surface area contributed by atoms with Gasteiger partial charge in [0, 0.05) is 16.2 Å². The molecule has 2 rings (SSSR count). The predicted octanol–water partition coefficient (Wildman–Crippen LogP) is 4.49. The van der Waals surface area contributed by atoms with E-state index in [1.807, 2.05) is 26.0 Å². The van der Waals surface area contributed by atoms with Crippen molar-refractivity contribution in [2.75, 3.05) is 6.26 Å². The first-order valence-corrected chi connectivity index (χ1v) is 11.4. The van der Waals surface area contributed by atoms with Crippen molar-refractivity contribution in [1.82, 2.24) is 5.32 Å². The number of thioether (sulfide) groups is 1. The smallest absolute Gasteiger partial charge is 0.233 e. The summed E-state index contributed by atoms with van der Waals surface area (Å²) in [5, 5.41) is 3.44. The Balaban J connectivity index is 2.04. The maximum absolute atomic E-state index is 12.5. The van der Waals surface area contributed by atoms with Gasteiger partial charge in [0.25, 0.3) is 0 Å². The lowest BCUT2D eigenvalue weighted by Gasteiger charge is -2.20. The van der Waals surface area contributed by atoms with Gasteiger partial charge in [0.05, 0.1) is 16.2 Å². The van der Waals surface area contributed by atoms with Crippen LogP contribution in [-0.2, 0) is 14.6 Å². The molecule has 0 unspecified atom stereocenters. The van der Waals surface area contributed by atoms with Crippen LogP contribution in [-0.4, -0.2) is 25.8 Å². The van der Waals surface area contributed by atoms with E-state index in [2.05, 4.69) is 5.32 Å². The molecule has 0 aliphatic heterocycles. The van der Waals surface area contributed by atoms with E-state index in [-0.39, 0.29) is 22.1 Å². The predicted molar refractivity (Wildman–Crippen MR) is 107 cm³/mol. The Hall–Kier alpha value is -1.50. The third kappa shape index (κ3) is 5.76. The van der Waals surface area contributed by atoms with Gasteiger partial charge in [0.1, 0.15) is 0 Å². The molecule has 2 atom stereocenters. The van der Waals surface area contributed by atoms with Gasteiger partial charge in [-0.1, -0.05) is 30.7 Å². The number of carbonyl (C=O) groups excluding carboxylic acids is 1. The molecule has 0 heterocycles. The zero-order valence-electron chi connectivity index (χ0n) is 14.9. The van der Waals surface area contributed by atoms with Gasteiger partial charge >= 0.3 is 0 Å². The Kier molecular flexibility index (Phi) is 7.15. The van der Waals surface area contributed by atoms with Crippen molar-refractivity contribution in [3.63, 3.8) is 0 Å². The number of nitrogens with one attached hydrogen (secondary N) is 1. The lowest BCUT2D eigenvalue weighted by molar-refractivity contribution is -0.121. The molecule has 0 spiro atoms. The second-order valence-electron chi connectivity index (χ2n) is 6.02. The van der Waals surface area contributed by atoms with E-state index in [4.69, 9.17) is 11.6 Å². The Morgan fingerprint density at radius 2 is 1.69 bits per heavy atom. The number of rotatable bonds is 7. The van der Waals surface area contributed by atoms with Crippen LogP contribution in [0.25, 0.3) is 0 Å². The Bertz CT molecular complexity index is 849. The van der Waals surface area contributed by atoms with Gasteiger partial charge in [-0.3, -0.25) is 4.79 Å². The first-order valence-electron chi connectivity index (χ1n) is 8.23. The van der Waals surface area contributed by atoms with Crippen molar-refractivity contribution in [1.29, 1.82) is 0 Å². The highest BCUT2D eigenvalue weighted by Crippen LogP contribution is 2.26. The molecule has 0 aliphatic carbocycles. The van der Waals surface area contributed by atoms with Crippen molar-refractivity contribution in [2.45, 2.75) is 41.4 Å². The SMILES string of the molecule is CC[C@H](NC(=O)[C@H](C)Sc1ccc(Cl)cc1)c1ccc(S(C)(=O)=O)cc1. The molecule has 0 bridgehead atoms. The van der Waals surface area contributed by atoms with E-state index in [9.17, 15) is 13.2 Å². The van der Waals surface area contributed by atoms with Crippen molar-refractivity contribution >= 4 is 39.1 Å². The van der Waals surface area contributed by atoms with E-state index in [1.165, 1.54) is 18.0 Å². The zero-order chi connectivity index (χ0) is 19.3. The standard InChI is InChI=1S/C19H22ClNO3S2/c1-4-18(14-5-11-17(12-6-14)26(3,23)24)21-19(22)13(2)25-16-9-7-15(20)8-10-16/h5-13,18H,4H2,1-3H3,(H,21,22)/t13-,18-/m0/s1. The fourth-order valence-corrected chi connectivity index (χ4v) is 4.06. The van der Waals surface area contributed by atoms with Crippen LogP contribution in [0.2, 0.25) is 5.02 Å². The molecule has 0 aliphatic rings. The molecule has 4 nitrogen and oxygen atoms in total. The molecule has 0 radical (unpaired) electrons. The summed E-state index contributed by atoms with van der Waals surface area (Å²) in [7, 11) is -3.23. The lowest BCUT2D eigenvalue weighted by atomic mass is 10.0. The average molecular weight is 412 g/mol. The first kappa shape index (κ1) is 20.8. The third-order valence-corrected chi connectivity index (χ3v) is 6.42. The molecular weight excluding hydrogens is 390 g/mol. The number of hydrogen-bond donors (Lipinski definition) is 1. The normalized spacial score (nSPS) is 13.8. The first-order chi connectivity index (χ1) is 12.2. The van der Waals surface area contributed by atoms with Crippen LogP contribution >= 0.6 is 23.4 Å². The zero-order valence-corrected chi connectivity index (χ0v) is 17.3. The molecule has 7 heteroatoms. The average Bonchev–Trinajstić information content (AvgIpc) is 2.60. The number of carbonyl (C=O) groups is 1. The molecule has 1 amide bonds. The minimum absolute atomic E-state index is 0.0658. The van der Waals surface area contributed by atoms with Crippen LogP contribution in [0.5, 0.6) is 0 Å². The van der Waals surface area contributed by atoms with Crippen molar-refractivity contribution in [3.8, 4) is 0 Å². The highest BCUT2D eigenvalue weighted by Gasteiger charge is 2.19. The summed E-state index contributed by atoms with van der Waals surface area (Å²) >= 11 is 7.34. The highest BCUT2D eigenvalue weighted by molar-refractivity contribution is 8.00. The highest BCUT2D eigenvalue weighted by atomic mass is 35.5. The maximum atomic E-state index is 12.5. The monoisotopic (exact) mass is 411 g/mol. The van der Waals surface area contributed by atoms with Gasteiger partial charge in [-0.15, -0.1) is 11.8 Å². The molecule has 0 saturated carbocycles. The van der Waals surface area contributed by atoms with Crippen LogP contribution in [0.15, 0.2) is 58.3 Å². The van der Waals surface area contributed by atoms with E-state index in [1.54, 1.807) is 36.4 Å². The number of benzene rings is 2. The van der Waals surface area contributed by atoms with Gasteiger partial charge in [-0.2, -0.15) is 0 Å². The van der Waals surface area contributed by atoms with Crippen molar-refractivity contribution in [3.05, 3.63) is 59.1 Å². The second-order valence-corrected chi connectivity index (χ2v) is 9.89. The van der Waals surface area contributed by atoms with Crippen LogP contribution in [0.4, 0.5) is 0 Å². The van der Waals surface area contributed by atoms with Crippen LogP contribution in [0.3, 0.4) is 0 Å². The van der Waals surface area contributed by atoms with E-state index < -0.39 is 9.84 Å². The molecule has 0 fully saturated rings. The van der Waals surface area contributed by atoms with Gasteiger partial charge < -0.3 is 5.32 Å². The summed E-state index contributed by atoms with van der Waals surface area (Å²) < 4.78 is 23.1. The van der Waals surface area contributed by atoms with Gasteiger partial charge in [-0.25, -0.2) is 8.42 Å². The van der Waals surface area contributed by atoms with E-state index in [0.717, 1.165) is 10.5 Å². The topological polar surface area (TPSA) is 63.2 Å². The van der Waals surface area contributed by atoms with Crippen LogP contribution < -0.4 is 5.32 Å². The number of sulfone groups is 1.